The molecule has 10 heteroatoms. The van der Waals surface area contributed by atoms with Crippen LogP contribution in [0.3, 0.4) is 0 Å². The maximum absolute atomic E-state index is 14.1. The molecule has 1 aromatic heterocycles. The molecule has 0 spiro atoms. The summed E-state index contributed by atoms with van der Waals surface area (Å²) < 4.78 is 16.0. The van der Waals surface area contributed by atoms with E-state index in [1.807, 2.05) is 24.6 Å². The van der Waals surface area contributed by atoms with E-state index in [1.165, 1.54) is 6.07 Å². The fraction of sp³-hybridized carbons (Fsp3) is 0.571. The second-order valence-corrected chi connectivity index (χ2v) is 8.21. The molecule has 2 atom stereocenters. The predicted molar refractivity (Wildman–Crippen MR) is 134 cm³/mol. The van der Waals surface area contributed by atoms with E-state index in [0.29, 0.717) is 6.54 Å². The molecule has 1 aliphatic rings. The summed E-state index contributed by atoms with van der Waals surface area (Å²) in [7, 11) is 4.00. The van der Waals surface area contributed by atoms with E-state index < -0.39 is 0 Å². The largest absolute Gasteiger partial charge is 0.356 e. The van der Waals surface area contributed by atoms with Crippen molar-refractivity contribution >= 4 is 41.5 Å². The molecule has 2 unspecified atom stereocenters. The summed E-state index contributed by atoms with van der Waals surface area (Å²) in [6, 6.07) is 5.20. The molecule has 0 radical (unpaired) electrons. The van der Waals surface area contributed by atoms with E-state index in [1.54, 1.807) is 6.07 Å². The fourth-order valence-corrected chi connectivity index (χ4v) is 3.85. The Morgan fingerprint density at radius 2 is 2.10 bits per heavy atom. The molecule has 3 rings (SSSR count). The van der Waals surface area contributed by atoms with Gasteiger partial charge in [0.15, 0.2) is 11.8 Å². The molecule has 1 fully saturated rings. The zero-order valence-electron chi connectivity index (χ0n) is 18.5. The number of aromatic nitrogens is 3. The van der Waals surface area contributed by atoms with Gasteiger partial charge in [0, 0.05) is 26.2 Å². The maximum Gasteiger partial charge on any atom is 0.191 e. The van der Waals surface area contributed by atoms with Crippen LogP contribution in [0.15, 0.2) is 23.2 Å². The summed E-state index contributed by atoms with van der Waals surface area (Å²) in [4.78, 5) is 6.98. The molecule has 172 valence electrons. The Labute approximate surface area is 205 Å². The van der Waals surface area contributed by atoms with Crippen molar-refractivity contribution in [3.05, 3.63) is 46.3 Å². The van der Waals surface area contributed by atoms with E-state index >= 15 is 0 Å². The molecule has 1 saturated heterocycles. The average Bonchev–Trinajstić information content (AvgIpc) is 3.24. The molecule has 0 bridgehead atoms. The molecule has 0 amide bonds. The topological polar surface area (TPSA) is 70.4 Å². The number of likely N-dealkylation sites (N-methyl/N-ethyl adjacent to an activating group) is 1. The van der Waals surface area contributed by atoms with Gasteiger partial charge in [-0.2, -0.15) is 0 Å². The lowest BCUT2D eigenvalue weighted by atomic mass is 10.00. The Hall–Kier alpha value is -1.46. The Morgan fingerprint density at radius 1 is 1.32 bits per heavy atom. The maximum atomic E-state index is 14.1. The van der Waals surface area contributed by atoms with Crippen LogP contribution < -0.4 is 10.6 Å². The van der Waals surface area contributed by atoms with E-state index in [2.05, 4.69) is 39.7 Å². The number of benzene rings is 1. The zero-order chi connectivity index (χ0) is 21.7. The molecule has 0 aliphatic carbocycles. The van der Waals surface area contributed by atoms with Crippen molar-refractivity contribution in [1.29, 1.82) is 0 Å². The minimum Gasteiger partial charge on any atom is -0.356 e. The third-order valence-electron chi connectivity index (χ3n) is 5.64. The summed E-state index contributed by atoms with van der Waals surface area (Å²) in [6.45, 7) is 6.26. The number of halogens is 3. The van der Waals surface area contributed by atoms with Crippen molar-refractivity contribution in [3.8, 4) is 0 Å². The zero-order valence-corrected chi connectivity index (χ0v) is 21.6. The lowest BCUT2D eigenvalue weighted by Gasteiger charge is -2.27. The molecule has 7 nitrogen and oxygen atoms in total. The first kappa shape index (κ1) is 25.8. The molecular formula is C21H32ClFIN7. The van der Waals surface area contributed by atoms with Crippen LogP contribution in [0, 0.1) is 12.7 Å². The number of guanidine groups is 1. The monoisotopic (exact) mass is 563 g/mol. The van der Waals surface area contributed by atoms with E-state index in [4.69, 9.17) is 16.6 Å². The standard InChI is InChI=1S/C21H31ClFN7.HI/c1-5-6-10-24-21(25-13-19-28-27-14(2)30(19)4)26-18-9-11-29(3)20(18)15-7-8-16(22)17(23)12-15;/h7-8,12,18,20H,5-6,9-11,13H2,1-4H3,(H2,24,25,26);1H. The van der Waals surface area contributed by atoms with Crippen LogP contribution in [-0.4, -0.2) is 51.8 Å². The highest BCUT2D eigenvalue weighted by molar-refractivity contribution is 14.0. The number of aryl methyl sites for hydroxylation is 1. The number of hydrogen-bond acceptors (Lipinski definition) is 4. The van der Waals surface area contributed by atoms with Gasteiger partial charge in [-0.1, -0.05) is 31.0 Å². The van der Waals surface area contributed by atoms with Gasteiger partial charge in [-0.25, -0.2) is 9.38 Å². The third kappa shape index (κ3) is 6.52. The lowest BCUT2D eigenvalue weighted by molar-refractivity contribution is 0.296. The third-order valence-corrected chi connectivity index (χ3v) is 5.95. The number of hydrogen-bond donors (Lipinski definition) is 2. The Morgan fingerprint density at radius 3 is 2.74 bits per heavy atom. The number of likely N-dealkylation sites (tertiary alicyclic amines) is 1. The van der Waals surface area contributed by atoms with Gasteiger partial charge in [-0.3, -0.25) is 4.90 Å². The fourth-order valence-electron chi connectivity index (χ4n) is 3.73. The highest BCUT2D eigenvalue weighted by atomic mass is 127. The molecule has 31 heavy (non-hydrogen) atoms. The van der Waals surface area contributed by atoms with Crippen molar-refractivity contribution in [3.63, 3.8) is 0 Å². The molecule has 1 aliphatic heterocycles. The first-order chi connectivity index (χ1) is 14.4. The summed E-state index contributed by atoms with van der Waals surface area (Å²) in [5.74, 6) is 2.02. The normalized spacial score (nSPS) is 19.4. The van der Waals surface area contributed by atoms with Crippen molar-refractivity contribution in [2.75, 3.05) is 20.1 Å². The van der Waals surface area contributed by atoms with Crippen LogP contribution >= 0.6 is 35.6 Å². The highest BCUT2D eigenvalue weighted by Gasteiger charge is 2.34. The van der Waals surface area contributed by atoms with Gasteiger partial charge in [-0.15, -0.1) is 34.2 Å². The summed E-state index contributed by atoms with van der Waals surface area (Å²) in [5, 5.41) is 15.4. The van der Waals surface area contributed by atoms with Crippen LogP contribution in [0.5, 0.6) is 0 Å². The van der Waals surface area contributed by atoms with Crippen LogP contribution in [0.4, 0.5) is 4.39 Å². The van der Waals surface area contributed by atoms with Gasteiger partial charge < -0.3 is 15.2 Å². The number of nitrogens with zero attached hydrogens (tertiary/aromatic N) is 5. The number of unbranched alkanes of at least 4 members (excludes halogenated alkanes) is 1. The second-order valence-electron chi connectivity index (χ2n) is 7.81. The SMILES string of the molecule is CCCCNC(=NCc1nnc(C)n1C)NC1CCN(C)C1c1ccc(Cl)c(F)c1.I. The van der Waals surface area contributed by atoms with E-state index in [-0.39, 0.29) is 46.9 Å². The second kappa shape index (κ2) is 12.0. The molecule has 1 aromatic carbocycles. The Balaban J connectivity index is 0.00000341. The summed E-state index contributed by atoms with van der Waals surface area (Å²) in [6.07, 6.45) is 3.09. The molecule has 2 aromatic rings. The van der Waals surface area contributed by atoms with Crippen LogP contribution in [0.2, 0.25) is 5.02 Å². The quantitative estimate of drug-likeness (QED) is 0.232. The van der Waals surface area contributed by atoms with Crippen molar-refractivity contribution in [2.45, 2.75) is 51.7 Å². The first-order valence-corrected chi connectivity index (χ1v) is 10.8. The van der Waals surface area contributed by atoms with Crippen molar-refractivity contribution < 1.29 is 4.39 Å². The van der Waals surface area contributed by atoms with Crippen LogP contribution in [-0.2, 0) is 13.6 Å². The van der Waals surface area contributed by atoms with E-state index in [9.17, 15) is 4.39 Å². The van der Waals surface area contributed by atoms with Crippen molar-refractivity contribution in [2.24, 2.45) is 12.0 Å². The predicted octanol–water partition coefficient (Wildman–Crippen LogP) is 3.81. The summed E-state index contributed by atoms with van der Waals surface area (Å²) in [5.41, 5.74) is 0.909. The number of nitrogens with one attached hydrogen (secondary N) is 2. The van der Waals surface area contributed by atoms with E-state index in [0.717, 1.165) is 55.5 Å². The molecular weight excluding hydrogens is 532 g/mol. The average molecular weight is 564 g/mol. The molecule has 0 saturated carbocycles. The van der Waals surface area contributed by atoms with Crippen LogP contribution in [0.1, 0.15) is 49.4 Å². The van der Waals surface area contributed by atoms with Gasteiger partial charge in [0.2, 0.25) is 0 Å². The minimum atomic E-state index is -0.388. The smallest absolute Gasteiger partial charge is 0.191 e. The number of aliphatic imine (C=N–C) groups is 1. The Bertz CT molecular complexity index is 889. The highest BCUT2D eigenvalue weighted by Crippen LogP contribution is 2.32. The van der Waals surface area contributed by atoms with Gasteiger partial charge >= 0.3 is 0 Å². The number of rotatable bonds is 7. The van der Waals surface area contributed by atoms with Crippen LogP contribution in [0.25, 0.3) is 0 Å². The summed E-state index contributed by atoms with van der Waals surface area (Å²) >= 11 is 5.88. The first-order valence-electron chi connectivity index (χ1n) is 10.5. The molecule has 2 N–H and O–H groups in total. The van der Waals surface area contributed by atoms with Gasteiger partial charge in [0.25, 0.3) is 0 Å². The lowest BCUT2D eigenvalue weighted by Crippen LogP contribution is -2.46. The van der Waals surface area contributed by atoms with Gasteiger partial charge in [0.1, 0.15) is 18.2 Å². The Kier molecular flexibility index (Phi) is 9.95. The minimum absolute atomic E-state index is 0. The van der Waals surface area contributed by atoms with Gasteiger partial charge in [0.05, 0.1) is 11.1 Å². The molecule has 2 heterocycles. The van der Waals surface area contributed by atoms with Gasteiger partial charge in [-0.05, 0) is 44.5 Å². The van der Waals surface area contributed by atoms with Crippen molar-refractivity contribution in [1.82, 2.24) is 30.3 Å².